The molecular weight excluding hydrogens is 347 g/mol. The molecule has 0 atom stereocenters. The van der Waals surface area contributed by atoms with E-state index in [2.05, 4.69) is 15.0 Å². The summed E-state index contributed by atoms with van der Waals surface area (Å²) in [6.07, 6.45) is -3.28. The fraction of sp³-hybridized carbons (Fsp3) is 0.278. The van der Waals surface area contributed by atoms with Gasteiger partial charge in [-0.2, -0.15) is 0 Å². The number of nitrogens with zero attached hydrogens (tertiary/aromatic N) is 2. The number of rotatable bonds is 5. The van der Waals surface area contributed by atoms with Crippen LogP contribution in [0.3, 0.4) is 0 Å². The molecule has 1 aliphatic rings. The van der Waals surface area contributed by atoms with Gasteiger partial charge in [-0.15, -0.1) is 13.2 Å². The predicted octanol–water partition coefficient (Wildman–Crippen LogP) is 4.10. The Morgan fingerprint density at radius 2 is 1.92 bits per heavy atom. The van der Waals surface area contributed by atoms with Gasteiger partial charge in [0.25, 0.3) is 0 Å². The number of para-hydroxylation sites is 2. The van der Waals surface area contributed by atoms with E-state index >= 15 is 0 Å². The Kier molecular flexibility index (Phi) is 5.03. The van der Waals surface area contributed by atoms with Gasteiger partial charge in [0.1, 0.15) is 11.4 Å². The van der Waals surface area contributed by atoms with E-state index in [0.717, 1.165) is 0 Å². The van der Waals surface area contributed by atoms with Crippen LogP contribution in [0.2, 0.25) is 0 Å². The van der Waals surface area contributed by atoms with Gasteiger partial charge >= 0.3 is 6.36 Å². The van der Waals surface area contributed by atoms with E-state index in [1.165, 1.54) is 18.3 Å². The lowest BCUT2D eigenvalue weighted by Crippen LogP contribution is -2.29. The van der Waals surface area contributed by atoms with E-state index in [1.54, 1.807) is 37.2 Å². The molecule has 26 heavy (non-hydrogen) atoms. The number of hydrogen-bond acceptors (Lipinski definition) is 5. The fourth-order valence-electron chi connectivity index (χ4n) is 2.68. The molecule has 0 saturated carbocycles. The van der Waals surface area contributed by atoms with Crippen molar-refractivity contribution in [2.45, 2.75) is 6.36 Å². The molecule has 0 aromatic heterocycles. The molecule has 5 nitrogen and oxygen atoms in total. The summed E-state index contributed by atoms with van der Waals surface area (Å²) in [5, 5.41) is 2.97. The first-order valence-electron chi connectivity index (χ1n) is 7.98. The number of alkyl halides is 3. The van der Waals surface area contributed by atoms with Crippen LogP contribution in [-0.2, 0) is 0 Å². The van der Waals surface area contributed by atoms with Crippen LogP contribution in [0.5, 0.6) is 17.2 Å². The Labute approximate surface area is 149 Å². The van der Waals surface area contributed by atoms with Crippen LogP contribution in [0, 0.1) is 0 Å². The fourth-order valence-corrected chi connectivity index (χ4v) is 2.68. The quantitative estimate of drug-likeness (QED) is 0.740. The number of aliphatic imine (C=N–C) groups is 1. The predicted molar refractivity (Wildman–Crippen MR) is 94.1 cm³/mol. The van der Waals surface area contributed by atoms with E-state index in [9.17, 15) is 13.2 Å². The van der Waals surface area contributed by atoms with Gasteiger partial charge in [-0.1, -0.05) is 12.1 Å². The molecule has 0 spiro atoms. The highest BCUT2D eigenvalue weighted by atomic mass is 19.4. The highest BCUT2D eigenvalue weighted by Gasteiger charge is 2.34. The van der Waals surface area contributed by atoms with Crippen molar-refractivity contribution in [1.82, 2.24) is 5.32 Å². The molecule has 3 rings (SSSR count). The lowest BCUT2D eigenvalue weighted by Gasteiger charge is -2.25. The van der Waals surface area contributed by atoms with Crippen LogP contribution >= 0.6 is 0 Å². The van der Waals surface area contributed by atoms with Gasteiger partial charge in [0.05, 0.1) is 11.3 Å². The zero-order valence-corrected chi connectivity index (χ0v) is 14.3. The molecule has 0 saturated heterocycles. The van der Waals surface area contributed by atoms with Crippen LogP contribution in [-0.4, -0.2) is 39.8 Å². The van der Waals surface area contributed by atoms with Gasteiger partial charge in [0.15, 0.2) is 11.5 Å². The maximum absolute atomic E-state index is 12.8. The normalized spacial score (nSPS) is 12.7. The average molecular weight is 365 g/mol. The number of anilines is 1. The number of halogens is 3. The Morgan fingerprint density at radius 1 is 1.15 bits per heavy atom. The van der Waals surface area contributed by atoms with Crippen molar-refractivity contribution in [3.63, 3.8) is 0 Å². The average Bonchev–Trinajstić information content (AvgIpc) is 2.77. The van der Waals surface area contributed by atoms with Gasteiger partial charge in [-0.05, 0) is 31.3 Å². The first-order chi connectivity index (χ1) is 12.4. The third kappa shape index (κ3) is 3.91. The summed E-state index contributed by atoms with van der Waals surface area (Å²) >= 11 is 0. The first-order valence-corrected chi connectivity index (χ1v) is 7.98. The maximum Gasteiger partial charge on any atom is 0.573 e. The van der Waals surface area contributed by atoms with Gasteiger partial charge < -0.3 is 19.7 Å². The Morgan fingerprint density at radius 3 is 2.65 bits per heavy atom. The summed E-state index contributed by atoms with van der Waals surface area (Å²) in [7, 11) is 3.47. The van der Waals surface area contributed by atoms with Crippen LogP contribution in [0.1, 0.15) is 5.56 Å². The summed E-state index contributed by atoms with van der Waals surface area (Å²) in [5.74, 6) is 0.659. The highest BCUT2D eigenvalue weighted by molar-refractivity contribution is 5.96. The molecule has 2 aromatic rings. The summed E-state index contributed by atoms with van der Waals surface area (Å²) in [4.78, 5) is 6.04. The van der Waals surface area contributed by atoms with Crippen molar-refractivity contribution in [2.75, 3.05) is 32.1 Å². The molecule has 0 aliphatic carbocycles. The van der Waals surface area contributed by atoms with Crippen LogP contribution in [0.15, 0.2) is 41.4 Å². The van der Waals surface area contributed by atoms with Gasteiger partial charge in [-0.3, -0.25) is 4.99 Å². The van der Waals surface area contributed by atoms with Crippen molar-refractivity contribution < 1.29 is 22.6 Å². The van der Waals surface area contributed by atoms with E-state index in [1.807, 2.05) is 6.07 Å². The molecule has 1 aliphatic heterocycles. The SMILES string of the molecule is CNCCN(C)c1c(OC(F)(F)F)ccc2c1C=Nc1ccccc1O2. The number of benzene rings is 2. The Balaban J connectivity index is 2.10. The monoisotopic (exact) mass is 365 g/mol. The Hall–Kier alpha value is -2.74. The number of nitrogens with one attached hydrogen (secondary N) is 1. The number of likely N-dealkylation sites (N-methyl/N-ethyl adjacent to an activating group) is 2. The lowest BCUT2D eigenvalue weighted by atomic mass is 10.1. The van der Waals surface area contributed by atoms with Crippen LogP contribution < -0.4 is 19.7 Å². The Bertz CT molecular complexity index is 822. The summed E-state index contributed by atoms with van der Waals surface area (Å²) in [6.45, 7) is 1.06. The standard InChI is InChI=1S/C18H18F3N3O2/c1-22-9-10-24(2)17-12-11-23-13-5-3-4-6-15(13)25-14(12)7-8-16(17)26-18(19,20)21/h3-8,11,22H,9-10H2,1-2H3. The molecule has 1 heterocycles. The zero-order valence-electron chi connectivity index (χ0n) is 14.3. The van der Waals surface area contributed by atoms with Crippen LogP contribution in [0.25, 0.3) is 0 Å². The zero-order chi connectivity index (χ0) is 18.7. The number of hydrogen-bond donors (Lipinski definition) is 1. The van der Waals surface area contributed by atoms with Crippen molar-refractivity contribution in [1.29, 1.82) is 0 Å². The maximum atomic E-state index is 12.8. The second-order valence-electron chi connectivity index (χ2n) is 5.73. The second kappa shape index (κ2) is 7.25. The molecule has 0 bridgehead atoms. The third-order valence-electron chi connectivity index (χ3n) is 3.86. The van der Waals surface area contributed by atoms with Crippen molar-refractivity contribution >= 4 is 17.6 Å². The van der Waals surface area contributed by atoms with Gasteiger partial charge in [-0.25, -0.2) is 0 Å². The van der Waals surface area contributed by atoms with E-state index < -0.39 is 6.36 Å². The molecule has 8 heteroatoms. The second-order valence-corrected chi connectivity index (χ2v) is 5.73. The molecular formula is C18H18F3N3O2. The molecule has 1 N–H and O–H groups in total. The first kappa shape index (κ1) is 18.1. The number of ether oxygens (including phenoxy) is 2. The molecule has 0 fully saturated rings. The van der Waals surface area contributed by atoms with Crippen LogP contribution in [0.4, 0.5) is 24.5 Å². The highest BCUT2D eigenvalue weighted by Crippen LogP contribution is 2.43. The minimum Gasteiger partial charge on any atom is -0.454 e. The van der Waals surface area contributed by atoms with Crippen molar-refractivity contribution in [3.05, 3.63) is 42.0 Å². The van der Waals surface area contributed by atoms with E-state index in [-0.39, 0.29) is 11.4 Å². The molecule has 2 aromatic carbocycles. The minimum absolute atomic E-state index is 0.270. The molecule has 0 amide bonds. The number of fused-ring (bicyclic) bond motifs is 2. The largest absolute Gasteiger partial charge is 0.573 e. The summed E-state index contributed by atoms with van der Waals surface area (Å²) in [6, 6.07) is 9.87. The minimum atomic E-state index is -4.79. The van der Waals surface area contributed by atoms with E-state index in [4.69, 9.17) is 4.74 Å². The van der Waals surface area contributed by atoms with Gasteiger partial charge in [0, 0.05) is 26.4 Å². The molecule has 0 radical (unpaired) electrons. The summed E-state index contributed by atoms with van der Waals surface area (Å²) in [5.41, 5.74) is 1.30. The topological polar surface area (TPSA) is 46.1 Å². The molecule has 0 unspecified atom stereocenters. The van der Waals surface area contributed by atoms with Crippen molar-refractivity contribution in [2.24, 2.45) is 4.99 Å². The van der Waals surface area contributed by atoms with Crippen molar-refractivity contribution in [3.8, 4) is 17.2 Å². The molecule has 138 valence electrons. The summed E-state index contributed by atoms with van der Waals surface area (Å²) < 4.78 is 48.7. The lowest BCUT2D eigenvalue weighted by molar-refractivity contribution is -0.274. The smallest absolute Gasteiger partial charge is 0.454 e. The third-order valence-corrected chi connectivity index (χ3v) is 3.86. The van der Waals surface area contributed by atoms with E-state index in [0.29, 0.717) is 35.8 Å². The van der Waals surface area contributed by atoms with Gasteiger partial charge in [0.2, 0.25) is 0 Å².